The molecule has 7 heteroatoms. The van der Waals surface area contributed by atoms with Crippen LogP contribution in [-0.4, -0.2) is 31.5 Å². The topological polar surface area (TPSA) is 58.2 Å². The minimum atomic E-state index is -3.37. The fourth-order valence-electron chi connectivity index (χ4n) is 2.43. The van der Waals surface area contributed by atoms with Crippen LogP contribution in [0.5, 0.6) is 0 Å². The molecule has 2 heterocycles. The van der Waals surface area contributed by atoms with Crippen molar-refractivity contribution in [2.75, 3.05) is 12.3 Å². The van der Waals surface area contributed by atoms with Gasteiger partial charge in [-0.25, -0.2) is 13.1 Å². The molecule has 1 atom stereocenters. The standard InChI is InChI=1S/C14H22N2O2S3/c1-14(5-2-6-20-14)10-16-21(17,18)13-7-12(19-9-13)8-15-11-3-4-11/h7,9,11,15-16H,2-6,8,10H2,1H3. The van der Waals surface area contributed by atoms with Gasteiger partial charge in [0.1, 0.15) is 0 Å². The van der Waals surface area contributed by atoms with E-state index in [0.29, 0.717) is 17.5 Å². The first-order chi connectivity index (χ1) is 9.97. The second-order valence-electron chi connectivity index (χ2n) is 6.13. The molecule has 4 nitrogen and oxygen atoms in total. The molecule has 1 saturated heterocycles. The number of thiophene rings is 1. The Bertz CT molecular complexity index is 587. The molecule has 3 rings (SSSR count). The van der Waals surface area contributed by atoms with E-state index < -0.39 is 10.0 Å². The molecule has 0 spiro atoms. The molecule has 118 valence electrons. The van der Waals surface area contributed by atoms with E-state index in [2.05, 4.69) is 17.0 Å². The number of rotatable bonds is 7. The average Bonchev–Trinajstić information content (AvgIpc) is 2.97. The van der Waals surface area contributed by atoms with Crippen molar-refractivity contribution in [1.29, 1.82) is 0 Å². The molecule has 0 amide bonds. The summed E-state index contributed by atoms with van der Waals surface area (Å²) in [5.74, 6) is 1.13. The lowest BCUT2D eigenvalue weighted by molar-refractivity contribution is 0.552. The molecule has 1 aliphatic carbocycles. The quantitative estimate of drug-likeness (QED) is 0.797. The van der Waals surface area contributed by atoms with Crippen LogP contribution in [0.4, 0.5) is 0 Å². The van der Waals surface area contributed by atoms with E-state index in [1.807, 2.05) is 11.8 Å². The van der Waals surface area contributed by atoms with Gasteiger partial charge in [-0.2, -0.15) is 11.8 Å². The maximum absolute atomic E-state index is 12.4. The summed E-state index contributed by atoms with van der Waals surface area (Å²) in [6.07, 6.45) is 4.75. The molecule has 1 saturated carbocycles. The number of hydrogen-bond donors (Lipinski definition) is 2. The number of hydrogen-bond acceptors (Lipinski definition) is 5. The highest BCUT2D eigenvalue weighted by molar-refractivity contribution is 8.01. The fourth-order valence-corrected chi connectivity index (χ4v) is 6.17. The summed E-state index contributed by atoms with van der Waals surface area (Å²) in [6, 6.07) is 2.44. The average molecular weight is 347 g/mol. The number of sulfonamides is 1. The van der Waals surface area contributed by atoms with Crippen LogP contribution in [0.2, 0.25) is 0 Å². The normalized spacial score (nSPS) is 26.3. The van der Waals surface area contributed by atoms with Crippen molar-refractivity contribution in [2.45, 2.75) is 54.8 Å². The Morgan fingerprint density at radius 1 is 1.43 bits per heavy atom. The van der Waals surface area contributed by atoms with E-state index in [0.717, 1.165) is 23.6 Å². The summed E-state index contributed by atoms with van der Waals surface area (Å²) >= 11 is 3.39. The van der Waals surface area contributed by atoms with Crippen LogP contribution in [0.15, 0.2) is 16.3 Å². The van der Waals surface area contributed by atoms with E-state index in [4.69, 9.17) is 0 Å². The van der Waals surface area contributed by atoms with Crippen LogP contribution in [0.1, 0.15) is 37.5 Å². The SMILES string of the molecule is CC1(CNS(=O)(=O)c2csc(CNC3CC3)c2)CCCS1. The van der Waals surface area contributed by atoms with Crippen LogP contribution >= 0.6 is 23.1 Å². The van der Waals surface area contributed by atoms with E-state index in [1.165, 1.54) is 30.6 Å². The van der Waals surface area contributed by atoms with Crippen molar-refractivity contribution in [2.24, 2.45) is 0 Å². The van der Waals surface area contributed by atoms with E-state index in [-0.39, 0.29) is 4.75 Å². The molecule has 2 N–H and O–H groups in total. The summed E-state index contributed by atoms with van der Waals surface area (Å²) < 4.78 is 27.6. The Balaban J connectivity index is 1.58. The summed E-state index contributed by atoms with van der Waals surface area (Å²) in [4.78, 5) is 1.50. The van der Waals surface area contributed by atoms with Gasteiger partial charge in [0.15, 0.2) is 0 Å². The Morgan fingerprint density at radius 3 is 2.90 bits per heavy atom. The van der Waals surface area contributed by atoms with Gasteiger partial charge in [0.2, 0.25) is 10.0 Å². The zero-order valence-electron chi connectivity index (χ0n) is 12.2. The van der Waals surface area contributed by atoms with E-state index in [9.17, 15) is 8.42 Å². The molecule has 0 aromatic carbocycles. The molecule has 2 aliphatic rings. The van der Waals surface area contributed by atoms with Crippen molar-refractivity contribution in [3.63, 3.8) is 0 Å². The van der Waals surface area contributed by atoms with Gasteiger partial charge >= 0.3 is 0 Å². The van der Waals surface area contributed by atoms with Crippen molar-refractivity contribution in [3.8, 4) is 0 Å². The van der Waals surface area contributed by atoms with Gasteiger partial charge in [0, 0.05) is 34.1 Å². The van der Waals surface area contributed by atoms with Gasteiger partial charge in [-0.15, -0.1) is 11.3 Å². The highest BCUT2D eigenvalue weighted by Gasteiger charge is 2.31. The second-order valence-corrected chi connectivity index (χ2v) is 10.6. The molecule has 1 aromatic rings. The van der Waals surface area contributed by atoms with Gasteiger partial charge < -0.3 is 5.32 Å². The van der Waals surface area contributed by atoms with E-state index >= 15 is 0 Å². The number of nitrogens with one attached hydrogen (secondary N) is 2. The molecule has 2 fully saturated rings. The van der Waals surface area contributed by atoms with Crippen LogP contribution in [0.25, 0.3) is 0 Å². The van der Waals surface area contributed by atoms with Gasteiger partial charge in [0.05, 0.1) is 4.90 Å². The lowest BCUT2D eigenvalue weighted by Crippen LogP contribution is -2.36. The first kappa shape index (κ1) is 15.8. The lowest BCUT2D eigenvalue weighted by Gasteiger charge is -2.22. The Kier molecular flexibility index (Phi) is 4.66. The minimum absolute atomic E-state index is 0.0550. The van der Waals surface area contributed by atoms with Crippen LogP contribution < -0.4 is 10.0 Å². The van der Waals surface area contributed by atoms with Crippen LogP contribution in [-0.2, 0) is 16.6 Å². The molecular weight excluding hydrogens is 324 g/mol. The molecular formula is C14H22N2O2S3. The third kappa shape index (κ3) is 4.22. The summed E-state index contributed by atoms with van der Waals surface area (Å²) in [5.41, 5.74) is 0. The Hall–Kier alpha value is -0.0800. The Morgan fingerprint density at radius 2 is 2.24 bits per heavy atom. The highest BCUT2D eigenvalue weighted by atomic mass is 32.2. The minimum Gasteiger partial charge on any atom is -0.309 e. The van der Waals surface area contributed by atoms with Crippen molar-refractivity contribution < 1.29 is 8.42 Å². The van der Waals surface area contributed by atoms with E-state index in [1.54, 1.807) is 11.4 Å². The maximum atomic E-state index is 12.4. The van der Waals surface area contributed by atoms with Crippen molar-refractivity contribution in [1.82, 2.24) is 10.0 Å². The molecule has 1 unspecified atom stereocenters. The second kappa shape index (κ2) is 6.20. The first-order valence-electron chi connectivity index (χ1n) is 7.41. The van der Waals surface area contributed by atoms with Crippen molar-refractivity contribution in [3.05, 3.63) is 16.3 Å². The fraction of sp³-hybridized carbons (Fsp3) is 0.714. The highest BCUT2D eigenvalue weighted by Crippen LogP contribution is 2.37. The zero-order valence-corrected chi connectivity index (χ0v) is 14.7. The third-order valence-electron chi connectivity index (χ3n) is 4.02. The third-order valence-corrected chi connectivity index (χ3v) is 8.02. The summed E-state index contributed by atoms with van der Waals surface area (Å²) in [6.45, 7) is 3.44. The molecule has 1 aromatic heterocycles. The predicted molar refractivity (Wildman–Crippen MR) is 89.5 cm³/mol. The molecule has 0 bridgehead atoms. The predicted octanol–water partition coefficient (Wildman–Crippen LogP) is 2.56. The summed E-state index contributed by atoms with van der Waals surface area (Å²) in [7, 11) is -3.37. The lowest BCUT2D eigenvalue weighted by atomic mass is 10.1. The van der Waals surface area contributed by atoms with Crippen LogP contribution in [0.3, 0.4) is 0 Å². The van der Waals surface area contributed by atoms with Crippen molar-refractivity contribution >= 4 is 33.1 Å². The maximum Gasteiger partial charge on any atom is 0.241 e. The largest absolute Gasteiger partial charge is 0.309 e. The first-order valence-corrected chi connectivity index (χ1v) is 10.8. The zero-order chi connectivity index (χ0) is 14.9. The van der Waals surface area contributed by atoms with Gasteiger partial charge in [-0.3, -0.25) is 0 Å². The Labute approximate surface area is 135 Å². The van der Waals surface area contributed by atoms with Gasteiger partial charge in [-0.1, -0.05) is 0 Å². The monoisotopic (exact) mass is 346 g/mol. The van der Waals surface area contributed by atoms with Gasteiger partial charge in [0.25, 0.3) is 0 Å². The molecule has 0 radical (unpaired) electrons. The number of thioether (sulfide) groups is 1. The summed E-state index contributed by atoms with van der Waals surface area (Å²) in [5, 5.41) is 5.16. The van der Waals surface area contributed by atoms with Gasteiger partial charge in [-0.05, 0) is 44.4 Å². The van der Waals surface area contributed by atoms with Crippen LogP contribution in [0, 0.1) is 0 Å². The smallest absolute Gasteiger partial charge is 0.241 e. The molecule has 1 aliphatic heterocycles. The molecule has 21 heavy (non-hydrogen) atoms.